The molecule has 0 saturated carbocycles. The molecule has 0 atom stereocenters. The molecule has 0 spiro atoms. The van der Waals surface area contributed by atoms with Crippen LogP contribution >= 0.6 is 0 Å². The minimum atomic E-state index is -3.74. The standard InChI is InChI=1S/C12H14N6O2S/c1-9(2)17-7-12(14-8-17)21(19,20)16-10-5-13-11-3-4-15-18(11)6-10/h3-9,16H,1-2H3. The van der Waals surface area contributed by atoms with Crippen LogP contribution in [0.3, 0.4) is 0 Å². The topological polar surface area (TPSA) is 94.2 Å². The van der Waals surface area contributed by atoms with Crippen molar-refractivity contribution in [3.63, 3.8) is 0 Å². The zero-order valence-electron chi connectivity index (χ0n) is 11.5. The van der Waals surface area contributed by atoms with Crippen LogP contribution in [0.15, 0.2) is 42.2 Å². The number of imidazole rings is 1. The van der Waals surface area contributed by atoms with Gasteiger partial charge in [0.2, 0.25) is 0 Å². The van der Waals surface area contributed by atoms with Crippen molar-refractivity contribution in [3.05, 3.63) is 37.2 Å². The largest absolute Gasteiger partial charge is 0.334 e. The van der Waals surface area contributed by atoms with Crippen LogP contribution in [0.2, 0.25) is 0 Å². The van der Waals surface area contributed by atoms with E-state index in [1.807, 2.05) is 13.8 Å². The van der Waals surface area contributed by atoms with Crippen molar-refractivity contribution in [1.82, 2.24) is 24.1 Å². The molecule has 110 valence electrons. The molecule has 0 aliphatic carbocycles. The Labute approximate surface area is 121 Å². The highest BCUT2D eigenvalue weighted by molar-refractivity contribution is 7.92. The lowest BCUT2D eigenvalue weighted by molar-refractivity contribution is 0.591. The summed E-state index contributed by atoms with van der Waals surface area (Å²) in [7, 11) is -3.74. The Morgan fingerprint density at radius 2 is 2.05 bits per heavy atom. The Morgan fingerprint density at radius 1 is 1.24 bits per heavy atom. The van der Waals surface area contributed by atoms with Crippen molar-refractivity contribution in [2.45, 2.75) is 24.9 Å². The Kier molecular flexibility index (Phi) is 3.13. The second-order valence-electron chi connectivity index (χ2n) is 4.83. The van der Waals surface area contributed by atoms with Gasteiger partial charge >= 0.3 is 0 Å². The molecule has 0 aromatic carbocycles. The predicted molar refractivity (Wildman–Crippen MR) is 76.4 cm³/mol. The van der Waals surface area contributed by atoms with Crippen molar-refractivity contribution in [2.75, 3.05) is 4.72 Å². The molecule has 3 heterocycles. The van der Waals surface area contributed by atoms with E-state index in [0.29, 0.717) is 11.3 Å². The number of fused-ring (bicyclic) bond motifs is 1. The molecule has 0 aliphatic heterocycles. The van der Waals surface area contributed by atoms with Crippen LogP contribution in [0.4, 0.5) is 5.69 Å². The van der Waals surface area contributed by atoms with Gasteiger partial charge in [-0.05, 0) is 13.8 Å². The van der Waals surface area contributed by atoms with Crippen molar-refractivity contribution >= 4 is 21.4 Å². The molecule has 3 rings (SSSR count). The number of nitrogens with zero attached hydrogens (tertiary/aromatic N) is 5. The SMILES string of the molecule is CC(C)n1cnc(S(=O)(=O)Nc2cnc3ccnn3c2)c1. The van der Waals surface area contributed by atoms with Crippen LogP contribution in [0.25, 0.3) is 5.65 Å². The normalized spacial score (nSPS) is 12.1. The van der Waals surface area contributed by atoms with E-state index >= 15 is 0 Å². The van der Waals surface area contributed by atoms with Gasteiger partial charge in [-0.1, -0.05) is 0 Å². The molecule has 0 fully saturated rings. The number of aromatic nitrogens is 5. The predicted octanol–water partition coefficient (Wildman–Crippen LogP) is 1.31. The molecule has 3 aromatic rings. The van der Waals surface area contributed by atoms with E-state index in [1.54, 1.807) is 23.0 Å². The van der Waals surface area contributed by atoms with E-state index in [0.717, 1.165) is 0 Å². The molecule has 9 heteroatoms. The third-order valence-electron chi connectivity index (χ3n) is 2.95. The number of sulfonamides is 1. The zero-order valence-corrected chi connectivity index (χ0v) is 12.3. The lowest BCUT2D eigenvalue weighted by Gasteiger charge is -2.06. The first kappa shape index (κ1) is 13.6. The maximum Gasteiger partial charge on any atom is 0.281 e. The summed E-state index contributed by atoms with van der Waals surface area (Å²) >= 11 is 0. The van der Waals surface area contributed by atoms with Gasteiger partial charge in [0.15, 0.2) is 10.7 Å². The fourth-order valence-corrected chi connectivity index (χ4v) is 2.78. The van der Waals surface area contributed by atoms with E-state index in [4.69, 9.17) is 0 Å². The van der Waals surface area contributed by atoms with Gasteiger partial charge in [0.05, 0.1) is 30.6 Å². The summed E-state index contributed by atoms with van der Waals surface area (Å²) in [6.45, 7) is 3.89. The number of rotatable bonds is 4. The zero-order chi connectivity index (χ0) is 15.0. The molecule has 0 aliphatic rings. The van der Waals surface area contributed by atoms with E-state index in [9.17, 15) is 8.42 Å². The van der Waals surface area contributed by atoms with Gasteiger partial charge < -0.3 is 4.57 Å². The van der Waals surface area contributed by atoms with Gasteiger partial charge in [0, 0.05) is 18.3 Å². The highest BCUT2D eigenvalue weighted by Gasteiger charge is 2.18. The monoisotopic (exact) mass is 306 g/mol. The van der Waals surface area contributed by atoms with Crippen LogP contribution in [0.5, 0.6) is 0 Å². The van der Waals surface area contributed by atoms with Crippen molar-refractivity contribution in [2.24, 2.45) is 0 Å². The van der Waals surface area contributed by atoms with Crippen LogP contribution in [0, 0.1) is 0 Å². The van der Waals surface area contributed by atoms with Gasteiger partial charge in [-0.2, -0.15) is 13.5 Å². The fraction of sp³-hybridized carbons (Fsp3) is 0.250. The molecule has 1 N–H and O–H groups in total. The van der Waals surface area contributed by atoms with Crippen molar-refractivity contribution in [3.8, 4) is 0 Å². The Balaban J connectivity index is 1.90. The summed E-state index contributed by atoms with van der Waals surface area (Å²) in [4.78, 5) is 8.03. The van der Waals surface area contributed by atoms with Crippen molar-refractivity contribution in [1.29, 1.82) is 0 Å². The first-order valence-electron chi connectivity index (χ1n) is 6.31. The molecule has 3 aromatic heterocycles. The van der Waals surface area contributed by atoms with Crippen LogP contribution in [0.1, 0.15) is 19.9 Å². The highest BCUT2D eigenvalue weighted by Crippen LogP contribution is 2.15. The van der Waals surface area contributed by atoms with Crippen LogP contribution in [-0.2, 0) is 10.0 Å². The Hall–Kier alpha value is -2.42. The number of nitrogens with one attached hydrogen (secondary N) is 1. The Bertz CT molecular complexity index is 880. The quantitative estimate of drug-likeness (QED) is 0.784. The number of hydrogen-bond donors (Lipinski definition) is 1. The first-order valence-corrected chi connectivity index (χ1v) is 7.80. The van der Waals surface area contributed by atoms with E-state index in [-0.39, 0.29) is 11.1 Å². The Morgan fingerprint density at radius 3 is 2.76 bits per heavy atom. The minimum Gasteiger partial charge on any atom is -0.334 e. The lowest BCUT2D eigenvalue weighted by Crippen LogP contribution is -2.14. The summed E-state index contributed by atoms with van der Waals surface area (Å²) in [6, 6.07) is 1.87. The maximum absolute atomic E-state index is 12.3. The average Bonchev–Trinajstić information content (AvgIpc) is 3.07. The molecule has 8 nitrogen and oxygen atoms in total. The number of anilines is 1. The smallest absolute Gasteiger partial charge is 0.281 e. The minimum absolute atomic E-state index is 0.0308. The van der Waals surface area contributed by atoms with Crippen LogP contribution < -0.4 is 4.72 Å². The molecule has 0 saturated heterocycles. The second-order valence-corrected chi connectivity index (χ2v) is 6.46. The van der Waals surface area contributed by atoms with Gasteiger partial charge in [-0.15, -0.1) is 0 Å². The van der Waals surface area contributed by atoms with Gasteiger partial charge in [0.25, 0.3) is 10.0 Å². The summed E-state index contributed by atoms with van der Waals surface area (Å²) < 4.78 is 30.2. The van der Waals surface area contributed by atoms with Crippen molar-refractivity contribution < 1.29 is 8.42 Å². The summed E-state index contributed by atoms with van der Waals surface area (Å²) in [6.07, 6.45) is 7.57. The lowest BCUT2D eigenvalue weighted by atomic mass is 10.4. The molecule has 0 amide bonds. The van der Waals surface area contributed by atoms with Crippen LogP contribution in [-0.4, -0.2) is 32.6 Å². The summed E-state index contributed by atoms with van der Waals surface area (Å²) in [5, 5.41) is 3.98. The highest BCUT2D eigenvalue weighted by atomic mass is 32.2. The molecule has 0 unspecified atom stereocenters. The van der Waals surface area contributed by atoms with E-state index in [2.05, 4.69) is 19.8 Å². The van der Waals surface area contributed by atoms with Gasteiger partial charge in [-0.3, -0.25) is 4.72 Å². The molecular weight excluding hydrogens is 292 g/mol. The molecule has 0 radical (unpaired) electrons. The maximum atomic E-state index is 12.3. The van der Waals surface area contributed by atoms with Gasteiger partial charge in [-0.25, -0.2) is 14.5 Å². The number of hydrogen-bond acceptors (Lipinski definition) is 5. The molecule has 0 bridgehead atoms. The van der Waals surface area contributed by atoms with E-state index < -0.39 is 10.0 Å². The summed E-state index contributed by atoms with van der Waals surface area (Å²) in [5.74, 6) is 0. The van der Waals surface area contributed by atoms with E-state index in [1.165, 1.54) is 23.2 Å². The second kappa shape index (κ2) is 4.85. The average molecular weight is 306 g/mol. The molecule has 21 heavy (non-hydrogen) atoms. The fourth-order valence-electron chi connectivity index (χ4n) is 1.81. The third-order valence-corrected chi connectivity index (χ3v) is 4.21. The summed E-state index contributed by atoms with van der Waals surface area (Å²) in [5.41, 5.74) is 0.965. The third kappa shape index (κ3) is 2.59. The van der Waals surface area contributed by atoms with Gasteiger partial charge in [0.1, 0.15) is 0 Å². The molecular formula is C12H14N6O2S. The first-order chi connectivity index (χ1) is 9.95.